The SMILES string of the molecule is COc1ccc(C(NC(=O)c2cnc3c(c2)c(=O)n(C)c(=O)n3C)c2nccn2C)cc1. The van der Waals surface area contributed by atoms with E-state index in [1.165, 1.54) is 30.9 Å². The van der Waals surface area contributed by atoms with E-state index in [9.17, 15) is 14.4 Å². The third-order valence-corrected chi connectivity index (χ3v) is 5.40. The summed E-state index contributed by atoms with van der Waals surface area (Å²) in [5.74, 6) is 0.897. The highest BCUT2D eigenvalue weighted by atomic mass is 16.5. The number of ether oxygens (including phenoxy) is 1. The van der Waals surface area contributed by atoms with E-state index >= 15 is 0 Å². The van der Waals surface area contributed by atoms with Crippen molar-refractivity contribution in [2.45, 2.75) is 6.04 Å². The molecule has 4 aromatic rings. The van der Waals surface area contributed by atoms with Crippen molar-refractivity contribution >= 4 is 16.9 Å². The number of amides is 1. The monoisotopic (exact) mass is 434 g/mol. The van der Waals surface area contributed by atoms with Crippen molar-refractivity contribution in [1.82, 2.24) is 29.0 Å². The van der Waals surface area contributed by atoms with Crippen LogP contribution in [0.4, 0.5) is 0 Å². The Hall–Kier alpha value is -4.21. The molecule has 1 unspecified atom stereocenters. The number of pyridine rings is 1. The second kappa shape index (κ2) is 8.14. The highest BCUT2D eigenvalue weighted by Crippen LogP contribution is 2.23. The van der Waals surface area contributed by atoms with E-state index < -0.39 is 23.2 Å². The van der Waals surface area contributed by atoms with Gasteiger partial charge in [0, 0.05) is 39.7 Å². The lowest BCUT2D eigenvalue weighted by molar-refractivity contribution is 0.0941. The van der Waals surface area contributed by atoms with E-state index in [0.29, 0.717) is 11.6 Å². The van der Waals surface area contributed by atoms with Crippen LogP contribution >= 0.6 is 0 Å². The summed E-state index contributed by atoms with van der Waals surface area (Å²) >= 11 is 0. The normalized spacial score (nSPS) is 12.0. The van der Waals surface area contributed by atoms with Crippen LogP contribution in [0.1, 0.15) is 27.8 Å². The Kier molecular flexibility index (Phi) is 5.35. The molecule has 10 nitrogen and oxygen atoms in total. The molecular formula is C22H22N6O4. The molecule has 1 aromatic carbocycles. The molecule has 32 heavy (non-hydrogen) atoms. The van der Waals surface area contributed by atoms with Crippen LogP contribution < -0.4 is 21.3 Å². The molecule has 0 spiro atoms. The summed E-state index contributed by atoms with van der Waals surface area (Å²) in [5, 5.41) is 3.16. The standard InChI is InChI=1S/C22H22N6O4/c1-26-10-9-23-19(26)17(13-5-7-15(32-4)8-6-13)25-20(29)14-11-16-18(24-12-14)27(2)22(31)28(3)21(16)30/h5-12,17H,1-4H3,(H,25,29). The summed E-state index contributed by atoms with van der Waals surface area (Å²) < 4.78 is 9.30. The molecule has 164 valence electrons. The smallest absolute Gasteiger partial charge is 0.332 e. The summed E-state index contributed by atoms with van der Waals surface area (Å²) in [6.07, 6.45) is 4.79. The second-order valence-electron chi connectivity index (χ2n) is 7.38. The van der Waals surface area contributed by atoms with Gasteiger partial charge < -0.3 is 14.6 Å². The number of carbonyl (C=O) groups is 1. The maximum Gasteiger partial charge on any atom is 0.332 e. The fourth-order valence-electron chi connectivity index (χ4n) is 3.55. The van der Waals surface area contributed by atoms with Gasteiger partial charge in [-0.1, -0.05) is 12.1 Å². The first-order chi connectivity index (χ1) is 15.3. The number of hydrogen-bond donors (Lipinski definition) is 1. The minimum absolute atomic E-state index is 0.181. The Morgan fingerprint density at radius 1 is 1.06 bits per heavy atom. The van der Waals surface area contributed by atoms with Crippen LogP contribution in [0.15, 0.2) is 58.5 Å². The fraction of sp³-hybridized carbons (Fsp3) is 0.227. The molecular weight excluding hydrogens is 412 g/mol. The topological polar surface area (TPSA) is 113 Å². The summed E-state index contributed by atoms with van der Waals surface area (Å²) in [4.78, 5) is 46.4. The van der Waals surface area contributed by atoms with Gasteiger partial charge in [0.05, 0.1) is 18.1 Å². The third kappa shape index (κ3) is 3.55. The molecule has 1 atom stereocenters. The number of benzene rings is 1. The van der Waals surface area contributed by atoms with Crippen molar-refractivity contribution in [3.8, 4) is 5.75 Å². The minimum Gasteiger partial charge on any atom is -0.497 e. The number of aromatic nitrogens is 5. The van der Waals surface area contributed by atoms with Gasteiger partial charge in [0.1, 0.15) is 23.3 Å². The van der Waals surface area contributed by atoms with Crippen molar-refractivity contribution in [1.29, 1.82) is 0 Å². The summed E-state index contributed by atoms with van der Waals surface area (Å²) in [6.45, 7) is 0. The van der Waals surface area contributed by atoms with Gasteiger partial charge in [-0.15, -0.1) is 0 Å². The molecule has 10 heteroatoms. The zero-order valence-electron chi connectivity index (χ0n) is 18.1. The Bertz CT molecular complexity index is 1430. The molecule has 0 radical (unpaired) electrons. The number of hydrogen-bond acceptors (Lipinski definition) is 6. The number of fused-ring (bicyclic) bond motifs is 1. The molecule has 0 aliphatic heterocycles. The highest BCUT2D eigenvalue weighted by molar-refractivity contribution is 5.97. The highest BCUT2D eigenvalue weighted by Gasteiger charge is 2.22. The lowest BCUT2D eigenvalue weighted by Crippen LogP contribution is -2.37. The van der Waals surface area contributed by atoms with Crippen LogP contribution in [0.5, 0.6) is 5.75 Å². The number of imidazole rings is 1. The molecule has 1 amide bonds. The van der Waals surface area contributed by atoms with Gasteiger partial charge in [0.15, 0.2) is 0 Å². The van der Waals surface area contributed by atoms with Crippen molar-refractivity contribution in [3.63, 3.8) is 0 Å². The van der Waals surface area contributed by atoms with Gasteiger partial charge >= 0.3 is 5.69 Å². The fourth-order valence-corrected chi connectivity index (χ4v) is 3.55. The van der Waals surface area contributed by atoms with Gasteiger partial charge in [0.2, 0.25) is 0 Å². The van der Waals surface area contributed by atoms with E-state index in [4.69, 9.17) is 4.74 Å². The van der Waals surface area contributed by atoms with Crippen molar-refractivity contribution in [2.24, 2.45) is 21.1 Å². The number of carbonyl (C=O) groups excluding carboxylic acids is 1. The van der Waals surface area contributed by atoms with Crippen molar-refractivity contribution < 1.29 is 9.53 Å². The number of nitrogens with zero attached hydrogens (tertiary/aromatic N) is 5. The Morgan fingerprint density at radius 2 is 1.78 bits per heavy atom. The maximum absolute atomic E-state index is 13.2. The molecule has 3 heterocycles. The largest absolute Gasteiger partial charge is 0.497 e. The summed E-state index contributed by atoms with van der Waals surface area (Å²) in [5.41, 5.74) is 0.217. The third-order valence-electron chi connectivity index (χ3n) is 5.40. The predicted octanol–water partition coefficient (Wildman–Crippen LogP) is 0.894. The van der Waals surface area contributed by atoms with Crippen LogP contribution in [0.3, 0.4) is 0 Å². The predicted molar refractivity (Wildman–Crippen MR) is 118 cm³/mol. The zero-order valence-corrected chi connectivity index (χ0v) is 18.1. The number of aryl methyl sites for hydroxylation is 2. The molecule has 0 aliphatic carbocycles. The van der Waals surface area contributed by atoms with Crippen molar-refractivity contribution in [2.75, 3.05) is 7.11 Å². The maximum atomic E-state index is 13.2. The molecule has 0 saturated heterocycles. The van der Waals surface area contributed by atoms with Gasteiger partial charge in [-0.25, -0.2) is 14.8 Å². The summed E-state index contributed by atoms with van der Waals surface area (Å²) in [7, 11) is 6.34. The van der Waals surface area contributed by atoms with E-state index in [2.05, 4.69) is 15.3 Å². The first kappa shape index (κ1) is 21.0. The molecule has 3 aromatic heterocycles. The molecule has 4 rings (SSSR count). The first-order valence-corrected chi connectivity index (χ1v) is 9.79. The van der Waals surface area contributed by atoms with E-state index in [1.807, 2.05) is 23.7 Å². The zero-order chi connectivity index (χ0) is 23.0. The second-order valence-corrected chi connectivity index (χ2v) is 7.38. The van der Waals surface area contributed by atoms with Crippen LogP contribution in [0.25, 0.3) is 11.0 Å². The van der Waals surface area contributed by atoms with Crippen LogP contribution in [0.2, 0.25) is 0 Å². The van der Waals surface area contributed by atoms with Gasteiger partial charge in [-0.3, -0.25) is 18.7 Å². The number of rotatable bonds is 5. The first-order valence-electron chi connectivity index (χ1n) is 9.79. The minimum atomic E-state index is -0.549. The summed E-state index contributed by atoms with van der Waals surface area (Å²) in [6, 6.07) is 8.21. The quantitative estimate of drug-likeness (QED) is 0.499. The number of nitrogens with one attached hydrogen (secondary N) is 1. The van der Waals surface area contributed by atoms with Crippen LogP contribution in [-0.2, 0) is 21.1 Å². The van der Waals surface area contributed by atoms with Gasteiger partial charge in [0.25, 0.3) is 11.5 Å². The van der Waals surface area contributed by atoms with E-state index in [1.54, 1.807) is 31.6 Å². The van der Waals surface area contributed by atoms with E-state index in [0.717, 1.165) is 10.1 Å². The molecule has 0 saturated carbocycles. The average Bonchev–Trinajstić information content (AvgIpc) is 3.24. The Morgan fingerprint density at radius 3 is 2.41 bits per heavy atom. The Balaban J connectivity index is 1.75. The molecule has 0 fully saturated rings. The Labute approximate surface area is 182 Å². The average molecular weight is 434 g/mol. The number of methoxy groups -OCH3 is 1. The lowest BCUT2D eigenvalue weighted by Gasteiger charge is -2.19. The van der Waals surface area contributed by atoms with Crippen LogP contribution in [0, 0.1) is 0 Å². The molecule has 0 aliphatic rings. The van der Waals surface area contributed by atoms with E-state index in [-0.39, 0.29) is 16.6 Å². The van der Waals surface area contributed by atoms with Crippen molar-refractivity contribution in [3.05, 3.63) is 86.7 Å². The lowest BCUT2D eigenvalue weighted by atomic mass is 10.0. The molecule has 1 N–H and O–H groups in total. The van der Waals surface area contributed by atoms with Gasteiger partial charge in [-0.05, 0) is 23.8 Å². The molecule has 0 bridgehead atoms. The van der Waals surface area contributed by atoms with Gasteiger partial charge in [-0.2, -0.15) is 0 Å². The van der Waals surface area contributed by atoms with Crippen LogP contribution in [-0.4, -0.2) is 36.7 Å².